The quantitative estimate of drug-likeness (QED) is 0.248. The third-order valence-corrected chi connectivity index (χ3v) is 5.54. The lowest BCUT2D eigenvalue weighted by molar-refractivity contribution is 0.0320. The van der Waals surface area contributed by atoms with Crippen LogP contribution < -0.4 is 0 Å². The van der Waals surface area contributed by atoms with Gasteiger partial charge in [0, 0.05) is 21.0 Å². The number of aromatic nitrogens is 1. The second-order valence-electron chi connectivity index (χ2n) is 7.36. The first-order valence-corrected chi connectivity index (χ1v) is 10.7. The van der Waals surface area contributed by atoms with E-state index in [0.29, 0.717) is 27.7 Å². The molecule has 1 unspecified atom stereocenters. The van der Waals surface area contributed by atoms with Crippen LogP contribution in [0.4, 0.5) is 0 Å². The predicted octanol–water partition coefficient (Wildman–Crippen LogP) is 6.40. The lowest BCUT2D eigenvalue weighted by Crippen LogP contribution is -2.24. The third kappa shape index (κ3) is 4.57. The van der Waals surface area contributed by atoms with Gasteiger partial charge in [-0.05, 0) is 38.1 Å². The first kappa shape index (κ1) is 20.9. The number of pyridine rings is 1. The molecule has 5 heteroatoms. The summed E-state index contributed by atoms with van der Waals surface area (Å²) in [5.74, 6) is -0.799. The van der Waals surface area contributed by atoms with Gasteiger partial charge in [0.05, 0.1) is 16.8 Å². The molecule has 0 aliphatic heterocycles. The molecule has 0 amide bonds. The number of ether oxygens (including phenoxy) is 1. The van der Waals surface area contributed by atoms with E-state index in [9.17, 15) is 9.59 Å². The van der Waals surface area contributed by atoms with E-state index in [4.69, 9.17) is 9.72 Å². The van der Waals surface area contributed by atoms with Crippen LogP contribution >= 0.6 is 15.9 Å². The number of esters is 1. The zero-order valence-electron chi connectivity index (χ0n) is 17.1. The molecule has 4 rings (SSSR count). The molecule has 0 aliphatic rings. The fourth-order valence-corrected chi connectivity index (χ4v) is 3.71. The van der Waals surface area contributed by atoms with Gasteiger partial charge in [-0.15, -0.1) is 0 Å². The van der Waals surface area contributed by atoms with Crippen LogP contribution in [0, 0.1) is 6.92 Å². The van der Waals surface area contributed by atoms with E-state index in [0.717, 1.165) is 15.6 Å². The minimum absolute atomic E-state index is 0.240. The van der Waals surface area contributed by atoms with Crippen LogP contribution in [0.2, 0.25) is 0 Å². The van der Waals surface area contributed by atoms with E-state index >= 15 is 0 Å². The lowest BCUT2D eigenvalue weighted by Gasteiger charge is -2.15. The maximum atomic E-state index is 13.1. The Labute approximate surface area is 189 Å². The fourth-order valence-electron chi connectivity index (χ4n) is 3.35. The number of hydrogen-bond donors (Lipinski definition) is 0. The van der Waals surface area contributed by atoms with Crippen LogP contribution in [0.5, 0.6) is 0 Å². The van der Waals surface area contributed by atoms with E-state index in [1.807, 2.05) is 67.6 Å². The molecule has 4 nitrogen and oxygen atoms in total. The van der Waals surface area contributed by atoms with Crippen molar-refractivity contribution < 1.29 is 14.3 Å². The van der Waals surface area contributed by atoms with Crippen molar-refractivity contribution in [1.82, 2.24) is 4.98 Å². The molecule has 154 valence electrons. The number of carbonyl (C=O) groups is 2. The van der Waals surface area contributed by atoms with Gasteiger partial charge < -0.3 is 4.74 Å². The summed E-state index contributed by atoms with van der Waals surface area (Å²) in [5, 5.41) is 0.661. The van der Waals surface area contributed by atoms with E-state index in [1.165, 1.54) is 0 Å². The molecular formula is C26H20BrNO3. The number of aryl methyl sites for hydroxylation is 1. The summed E-state index contributed by atoms with van der Waals surface area (Å²) >= 11 is 3.46. The Morgan fingerprint density at radius 2 is 1.65 bits per heavy atom. The Balaban J connectivity index is 1.70. The van der Waals surface area contributed by atoms with Gasteiger partial charge in [-0.2, -0.15) is 0 Å². The van der Waals surface area contributed by atoms with E-state index in [2.05, 4.69) is 15.9 Å². The van der Waals surface area contributed by atoms with Gasteiger partial charge in [0.2, 0.25) is 5.78 Å². The molecule has 0 fully saturated rings. The van der Waals surface area contributed by atoms with Crippen molar-refractivity contribution >= 4 is 38.6 Å². The Morgan fingerprint density at radius 1 is 0.935 bits per heavy atom. The van der Waals surface area contributed by atoms with Crippen molar-refractivity contribution in [2.75, 3.05) is 0 Å². The standard InChI is InChI=1S/C26H20BrNO3/c1-16-8-10-19(11-9-16)25(29)17(2)31-26(30)22-15-24(18-6-4-3-5-7-18)28-23-13-12-20(27)14-21(22)23/h3-15,17H,1-2H3. The van der Waals surface area contributed by atoms with Crippen LogP contribution in [0.3, 0.4) is 0 Å². The smallest absolute Gasteiger partial charge is 0.339 e. The summed E-state index contributed by atoms with van der Waals surface area (Å²) in [6.07, 6.45) is -0.911. The predicted molar refractivity (Wildman–Crippen MR) is 125 cm³/mol. The number of fused-ring (bicyclic) bond motifs is 1. The Morgan fingerprint density at radius 3 is 2.35 bits per heavy atom. The monoisotopic (exact) mass is 473 g/mol. The lowest BCUT2D eigenvalue weighted by atomic mass is 10.0. The van der Waals surface area contributed by atoms with Gasteiger partial charge in [0.1, 0.15) is 0 Å². The topological polar surface area (TPSA) is 56.3 Å². The van der Waals surface area contributed by atoms with Gasteiger partial charge in [-0.25, -0.2) is 9.78 Å². The molecule has 1 aromatic heterocycles. The van der Waals surface area contributed by atoms with Crippen LogP contribution in [-0.4, -0.2) is 22.8 Å². The first-order valence-electron chi connectivity index (χ1n) is 9.90. The van der Waals surface area contributed by atoms with E-state index in [1.54, 1.807) is 25.1 Å². The van der Waals surface area contributed by atoms with Gasteiger partial charge >= 0.3 is 5.97 Å². The van der Waals surface area contributed by atoms with Crippen molar-refractivity contribution in [2.24, 2.45) is 0 Å². The molecule has 4 aromatic rings. The molecule has 0 aliphatic carbocycles. The van der Waals surface area contributed by atoms with Gasteiger partial charge in [0.15, 0.2) is 6.10 Å². The van der Waals surface area contributed by atoms with Crippen molar-refractivity contribution in [3.8, 4) is 11.3 Å². The molecule has 0 bridgehead atoms. The van der Waals surface area contributed by atoms with E-state index in [-0.39, 0.29) is 5.78 Å². The number of hydrogen-bond acceptors (Lipinski definition) is 4. The average molecular weight is 474 g/mol. The molecule has 31 heavy (non-hydrogen) atoms. The SMILES string of the molecule is Cc1ccc(C(=O)C(C)OC(=O)c2cc(-c3ccccc3)nc3ccc(Br)cc23)cc1. The zero-order chi connectivity index (χ0) is 22.0. The molecule has 1 atom stereocenters. The highest BCUT2D eigenvalue weighted by Gasteiger charge is 2.23. The number of halogens is 1. The maximum absolute atomic E-state index is 13.1. The minimum Gasteiger partial charge on any atom is -0.451 e. The summed E-state index contributed by atoms with van der Waals surface area (Å²) in [7, 11) is 0. The van der Waals surface area contributed by atoms with Crippen molar-refractivity contribution in [2.45, 2.75) is 20.0 Å². The van der Waals surface area contributed by atoms with Crippen molar-refractivity contribution in [3.05, 3.63) is 100 Å². The molecule has 0 spiro atoms. The maximum Gasteiger partial charge on any atom is 0.339 e. The molecule has 0 N–H and O–H groups in total. The van der Waals surface area contributed by atoms with Crippen molar-refractivity contribution in [1.29, 1.82) is 0 Å². The molecular weight excluding hydrogens is 454 g/mol. The molecule has 0 saturated carbocycles. The summed E-state index contributed by atoms with van der Waals surface area (Å²) in [4.78, 5) is 30.6. The normalized spacial score (nSPS) is 11.8. The molecule has 1 heterocycles. The Kier molecular flexibility index (Phi) is 5.96. The van der Waals surface area contributed by atoms with Crippen LogP contribution in [0.15, 0.2) is 83.3 Å². The third-order valence-electron chi connectivity index (χ3n) is 5.05. The average Bonchev–Trinajstić information content (AvgIpc) is 2.79. The highest BCUT2D eigenvalue weighted by molar-refractivity contribution is 9.10. The summed E-state index contributed by atoms with van der Waals surface area (Å²) in [6, 6.07) is 24.1. The largest absolute Gasteiger partial charge is 0.451 e. The number of Topliss-reactive ketones (excluding diaryl/α,β-unsaturated/α-hetero) is 1. The Hall–Kier alpha value is -3.31. The summed E-state index contributed by atoms with van der Waals surface area (Å²) in [6.45, 7) is 3.55. The second kappa shape index (κ2) is 8.82. The van der Waals surface area contributed by atoms with Crippen molar-refractivity contribution in [3.63, 3.8) is 0 Å². The highest BCUT2D eigenvalue weighted by atomic mass is 79.9. The number of benzene rings is 3. The number of rotatable bonds is 5. The van der Waals surface area contributed by atoms with Crippen LogP contribution in [-0.2, 0) is 4.74 Å². The van der Waals surface area contributed by atoms with Crippen LogP contribution in [0.25, 0.3) is 22.2 Å². The number of nitrogens with zero attached hydrogens (tertiary/aromatic N) is 1. The van der Waals surface area contributed by atoms with Crippen LogP contribution in [0.1, 0.15) is 33.2 Å². The van der Waals surface area contributed by atoms with Gasteiger partial charge in [-0.3, -0.25) is 4.79 Å². The van der Waals surface area contributed by atoms with Gasteiger partial charge in [-0.1, -0.05) is 76.1 Å². The molecule has 0 radical (unpaired) electrons. The van der Waals surface area contributed by atoms with Gasteiger partial charge in [0.25, 0.3) is 0 Å². The highest BCUT2D eigenvalue weighted by Crippen LogP contribution is 2.28. The minimum atomic E-state index is -0.911. The summed E-state index contributed by atoms with van der Waals surface area (Å²) < 4.78 is 6.42. The fraction of sp³-hybridized carbons (Fsp3) is 0.115. The summed E-state index contributed by atoms with van der Waals surface area (Å²) in [5.41, 5.74) is 4.18. The Bertz CT molecular complexity index is 1270. The zero-order valence-corrected chi connectivity index (χ0v) is 18.7. The van der Waals surface area contributed by atoms with E-state index < -0.39 is 12.1 Å². The number of ketones is 1. The molecule has 0 saturated heterocycles. The molecule has 3 aromatic carbocycles. The number of carbonyl (C=O) groups excluding carboxylic acids is 2. The first-order chi connectivity index (χ1) is 14.9. The second-order valence-corrected chi connectivity index (χ2v) is 8.28.